The van der Waals surface area contributed by atoms with Crippen LogP contribution in [-0.2, 0) is 24.2 Å². The Morgan fingerprint density at radius 1 is 1.23 bits per heavy atom. The number of hydrogen-bond acceptors (Lipinski definition) is 4. The minimum atomic E-state index is -0.0309. The normalized spacial score (nSPS) is 11.3. The van der Waals surface area contributed by atoms with E-state index in [1.165, 1.54) is 10.4 Å². The zero-order chi connectivity index (χ0) is 18.8. The maximum atomic E-state index is 11.8. The standard InChI is InChI=1S/C19H27N5OS/c1-4-16-12-21-17(26-16)13-22-19(23-14-18(25)24(2)3)20-11-10-15-8-6-5-7-9-15/h5-9,12H,4,10-11,13-14H2,1-3H3,(H2,20,22,23). The summed E-state index contributed by atoms with van der Waals surface area (Å²) in [6.07, 6.45) is 3.79. The van der Waals surface area contributed by atoms with Gasteiger partial charge in [0.05, 0.1) is 6.54 Å². The Morgan fingerprint density at radius 3 is 2.65 bits per heavy atom. The molecule has 2 aromatic rings. The van der Waals surface area contributed by atoms with Gasteiger partial charge in [0.1, 0.15) is 11.6 Å². The fraction of sp³-hybridized carbons (Fsp3) is 0.421. The topological polar surface area (TPSA) is 69.6 Å². The molecule has 0 saturated heterocycles. The fourth-order valence-electron chi connectivity index (χ4n) is 2.18. The third kappa shape index (κ3) is 6.84. The zero-order valence-corrected chi connectivity index (χ0v) is 16.5. The lowest BCUT2D eigenvalue weighted by atomic mass is 10.1. The van der Waals surface area contributed by atoms with E-state index in [9.17, 15) is 4.79 Å². The van der Waals surface area contributed by atoms with Crippen LogP contribution in [0.15, 0.2) is 41.5 Å². The number of rotatable bonds is 8. The number of aromatic nitrogens is 1. The average molecular weight is 374 g/mol. The van der Waals surface area contributed by atoms with Crippen molar-refractivity contribution in [3.05, 3.63) is 52.0 Å². The average Bonchev–Trinajstić information content (AvgIpc) is 3.12. The highest BCUT2D eigenvalue weighted by molar-refractivity contribution is 7.11. The summed E-state index contributed by atoms with van der Waals surface area (Å²) >= 11 is 1.69. The van der Waals surface area contributed by atoms with Crippen LogP contribution in [0.2, 0.25) is 0 Å². The van der Waals surface area contributed by atoms with Crippen molar-refractivity contribution in [2.45, 2.75) is 26.3 Å². The first-order chi connectivity index (χ1) is 12.6. The highest BCUT2D eigenvalue weighted by Gasteiger charge is 2.06. The van der Waals surface area contributed by atoms with Crippen molar-refractivity contribution in [3.63, 3.8) is 0 Å². The van der Waals surface area contributed by atoms with Gasteiger partial charge in [-0.15, -0.1) is 11.3 Å². The van der Waals surface area contributed by atoms with Gasteiger partial charge in [-0.3, -0.25) is 4.79 Å². The molecule has 1 heterocycles. The van der Waals surface area contributed by atoms with E-state index >= 15 is 0 Å². The van der Waals surface area contributed by atoms with Crippen LogP contribution in [0.1, 0.15) is 22.4 Å². The lowest BCUT2D eigenvalue weighted by Crippen LogP contribution is -2.39. The molecule has 0 radical (unpaired) electrons. The second-order valence-corrected chi connectivity index (χ2v) is 7.24. The van der Waals surface area contributed by atoms with Gasteiger partial charge in [-0.05, 0) is 18.4 Å². The number of aryl methyl sites for hydroxylation is 1. The Hall–Kier alpha value is -2.41. The van der Waals surface area contributed by atoms with Crippen molar-refractivity contribution in [2.24, 2.45) is 4.99 Å². The van der Waals surface area contributed by atoms with Crippen molar-refractivity contribution in [2.75, 3.05) is 27.2 Å². The van der Waals surface area contributed by atoms with Crippen LogP contribution >= 0.6 is 11.3 Å². The predicted molar refractivity (Wildman–Crippen MR) is 107 cm³/mol. The van der Waals surface area contributed by atoms with Crippen LogP contribution in [-0.4, -0.2) is 48.9 Å². The van der Waals surface area contributed by atoms with E-state index in [4.69, 9.17) is 0 Å². The smallest absolute Gasteiger partial charge is 0.243 e. The number of likely N-dealkylation sites (N-methyl/N-ethyl adjacent to an activating group) is 1. The SMILES string of the molecule is CCc1cnc(CNC(=NCC(=O)N(C)C)NCCc2ccccc2)s1. The van der Waals surface area contributed by atoms with Gasteiger partial charge >= 0.3 is 0 Å². The number of carbonyl (C=O) groups excluding carboxylic acids is 1. The first kappa shape index (κ1) is 19.9. The van der Waals surface area contributed by atoms with Gasteiger partial charge < -0.3 is 15.5 Å². The Labute approximate surface area is 159 Å². The number of aliphatic imine (C=N–C) groups is 1. The predicted octanol–water partition coefficient (Wildman–Crippen LogP) is 2.07. The molecular formula is C19H27N5OS. The summed E-state index contributed by atoms with van der Waals surface area (Å²) < 4.78 is 0. The van der Waals surface area contributed by atoms with Gasteiger partial charge in [0.2, 0.25) is 5.91 Å². The molecule has 6 nitrogen and oxygen atoms in total. The highest BCUT2D eigenvalue weighted by atomic mass is 32.1. The molecule has 140 valence electrons. The number of benzene rings is 1. The lowest BCUT2D eigenvalue weighted by Gasteiger charge is -2.13. The van der Waals surface area contributed by atoms with Crippen LogP contribution in [0.5, 0.6) is 0 Å². The van der Waals surface area contributed by atoms with Crippen LogP contribution in [0.25, 0.3) is 0 Å². The molecule has 0 spiro atoms. The molecule has 0 unspecified atom stereocenters. The van der Waals surface area contributed by atoms with E-state index in [0.29, 0.717) is 12.5 Å². The van der Waals surface area contributed by atoms with E-state index in [1.807, 2.05) is 24.4 Å². The molecule has 26 heavy (non-hydrogen) atoms. The Balaban J connectivity index is 1.91. The van der Waals surface area contributed by atoms with E-state index in [2.05, 4.69) is 39.7 Å². The van der Waals surface area contributed by atoms with Gasteiger partial charge in [-0.2, -0.15) is 0 Å². The van der Waals surface area contributed by atoms with Crippen LogP contribution in [0.4, 0.5) is 0 Å². The summed E-state index contributed by atoms with van der Waals surface area (Å²) in [7, 11) is 3.46. The van der Waals surface area contributed by atoms with Gasteiger partial charge in [-0.1, -0.05) is 37.3 Å². The minimum Gasteiger partial charge on any atom is -0.356 e. The third-order valence-electron chi connectivity index (χ3n) is 3.78. The minimum absolute atomic E-state index is 0.0309. The van der Waals surface area contributed by atoms with Crippen LogP contribution < -0.4 is 10.6 Å². The molecule has 0 atom stereocenters. The molecule has 2 N–H and O–H groups in total. The second kappa shape index (κ2) is 10.6. The molecule has 1 aromatic heterocycles. The van der Waals surface area contributed by atoms with E-state index in [-0.39, 0.29) is 12.5 Å². The summed E-state index contributed by atoms with van der Waals surface area (Å²) in [5.74, 6) is 0.598. The number of nitrogens with zero attached hydrogens (tertiary/aromatic N) is 3. The van der Waals surface area contributed by atoms with Crippen LogP contribution in [0.3, 0.4) is 0 Å². The van der Waals surface area contributed by atoms with Crippen molar-refractivity contribution >= 4 is 23.2 Å². The molecule has 0 fully saturated rings. The largest absolute Gasteiger partial charge is 0.356 e. The molecule has 1 aromatic carbocycles. The maximum absolute atomic E-state index is 11.8. The van der Waals surface area contributed by atoms with Crippen molar-refractivity contribution < 1.29 is 4.79 Å². The number of carbonyl (C=O) groups is 1. The third-order valence-corrected chi connectivity index (χ3v) is 4.92. The summed E-state index contributed by atoms with van der Waals surface area (Å²) in [4.78, 5) is 23.4. The molecule has 0 aliphatic heterocycles. The first-order valence-electron chi connectivity index (χ1n) is 8.78. The Kier molecular flexibility index (Phi) is 8.08. The Morgan fingerprint density at radius 2 is 2.00 bits per heavy atom. The van der Waals surface area contributed by atoms with Crippen molar-refractivity contribution in [1.82, 2.24) is 20.5 Å². The van der Waals surface area contributed by atoms with Gasteiger partial charge in [0.25, 0.3) is 0 Å². The number of nitrogens with one attached hydrogen (secondary N) is 2. The lowest BCUT2D eigenvalue weighted by molar-refractivity contribution is -0.127. The Bertz CT molecular complexity index is 712. The quantitative estimate of drug-likeness (QED) is 0.549. The van der Waals surface area contributed by atoms with Gasteiger partial charge in [0, 0.05) is 31.7 Å². The number of amides is 1. The summed E-state index contributed by atoms with van der Waals surface area (Å²) in [5.41, 5.74) is 1.26. The van der Waals surface area contributed by atoms with Gasteiger partial charge in [0.15, 0.2) is 5.96 Å². The molecule has 0 saturated carbocycles. The molecule has 7 heteroatoms. The van der Waals surface area contributed by atoms with Crippen molar-refractivity contribution in [3.8, 4) is 0 Å². The van der Waals surface area contributed by atoms with Crippen LogP contribution in [0, 0.1) is 0 Å². The number of thiazole rings is 1. The highest BCUT2D eigenvalue weighted by Crippen LogP contribution is 2.12. The maximum Gasteiger partial charge on any atom is 0.243 e. The van der Waals surface area contributed by atoms with E-state index < -0.39 is 0 Å². The summed E-state index contributed by atoms with van der Waals surface area (Å²) in [6.45, 7) is 3.57. The molecule has 0 aliphatic rings. The fourth-order valence-corrected chi connectivity index (χ4v) is 2.99. The summed E-state index contributed by atoms with van der Waals surface area (Å²) in [6, 6.07) is 10.3. The monoisotopic (exact) mass is 373 g/mol. The second-order valence-electron chi connectivity index (χ2n) is 6.04. The molecule has 0 aliphatic carbocycles. The number of hydrogen-bond donors (Lipinski definition) is 2. The zero-order valence-electron chi connectivity index (χ0n) is 15.7. The van der Waals surface area contributed by atoms with Crippen molar-refractivity contribution in [1.29, 1.82) is 0 Å². The summed E-state index contributed by atoms with van der Waals surface area (Å²) in [5, 5.41) is 7.58. The van der Waals surface area contributed by atoms with E-state index in [1.54, 1.807) is 30.3 Å². The molecule has 2 rings (SSSR count). The molecule has 1 amide bonds. The molecular weight excluding hydrogens is 346 g/mol. The first-order valence-corrected chi connectivity index (χ1v) is 9.60. The van der Waals surface area contributed by atoms with E-state index in [0.717, 1.165) is 24.4 Å². The van der Waals surface area contributed by atoms with Gasteiger partial charge in [-0.25, -0.2) is 9.98 Å². The number of guanidine groups is 1. The molecule has 0 bridgehead atoms.